The van der Waals surface area contributed by atoms with Crippen molar-refractivity contribution in [2.24, 2.45) is 0 Å². The SMILES string of the molecule is CON(C)C(=O)c1cn(-c2cccc(-c3ccccc3)c2)cn1. The van der Waals surface area contributed by atoms with Gasteiger partial charge in [0.2, 0.25) is 0 Å². The normalized spacial score (nSPS) is 10.5. The Kier molecular flexibility index (Phi) is 4.21. The third kappa shape index (κ3) is 3.14. The van der Waals surface area contributed by atoms with E-state index in [0.717, 1.165) is 21.9 Å². The standard InChI is InChI=1S/C18H17N3O2/c1-20(23-2)18(22)17-12-21(13-19-17)16-10-6-9-15(11-16)14-7-4-3-5-8-14/h3-13H,1-2H3. The molecule has 3 rings (SSSR count). The molecule has 0 atom stereocenters. The molecule has 0 bridgehead atoms. The van der Waals surface area contributed by atoms with E-state index in [1.165, 1.54) is 7.11 Å². The molecule has 1 amide bonds. The summed E-state index contributed by atoms with van der Waals surface area (Å²) in [5.41, 5.74) is 3.53. The first kappa shape index (κ1) is 15.0. The minimum absolute atomic E-state index is 0.287. The summed E-state index contributed by atoms with van der Waals surface area (Å²) < 4.78 is 1.82. The summed E-state index contributed by atoms with van der Waals surface area (Å²) in [4.78, 5) is 21.1. The third-order valence-corrected chi connectivity index (χ3v) is 3.61. The van der Waals surface area contributed by atoms with E-state index in [4.69, 9.17) is 4.84 Å². The molecule has 5 nitrogen and oxygen atoms in total. The van der Waals surface area contributed by atoms with Crippen LogP contribution in [0.1, 0.15) is 10.5 Å². The van der Waals surface area contributed by atoms with Gasteiger partial charge in [0.05, 0.1) is 7.11 Å². The quantitative estimate of drug-likeness (QED) is 0.696. The minimum atomic E-state index is -0.287. The highest BCUT2D eigenvalue weighted by Crippen LogP contribution is 2.22. The number of nitrogens with zero attached hydrogens (tertiary/aromatic N) is 3. The molecular formula is C18H17N3O2. The molecule has 3 aromatic rings. The Labute approximate surface area is 134 Å². The number of aromatic nitrogens is 2. The van der Waals surface area contributed by atoms with E-state index >= 15 is 0 Å². The predicted octanol–water partition coefficient (Wildman–Crippen LogP) is 3.17. The molecule has 0 aliphatic heterocycles. The molecule has 0 saturated carbocycles. The number of carbonyl (C=O) groups excluding carboxylic acids is 1. The predicted molar refractivity (Wildman–Crippen MR) is 88.1 cm³/mol. The van der Waals surface area contributed by atoms with Crippen LogP contribution in [0.5, 0.6) is 0 Å². The number of benzene rings is 2. The fourth-order valence-electron chi connectivity index (χ4n) is 2.30. The summed E-state index contributed by atoms with van der Waals surface area (Å²) in [6, 6.07) is 18.2. The fourth-order valence-corrected chi connectivity index (χ4v) is 2.30. The molecule has 0 saturated heterocycles. The van der Waals surface area contributed by atoms with Gasteiger partial charge in [-0.25, -0.2) is 10.0 Å². The van der Waals surface area contributed by atoms with Crippen LogP contribution in [0.2, 0.25) is 0 Å². The van der Waals surface area contributed by atoms with E-state index in [-0.39, 0.29) is 5.91 Å². The number of imidazole rings is 1. The molecule has 0 aliphatic rings. The van der Waals surface area contributed by atoms with Crippen LogP contribution in [0.3, 0.4) is 0 Å². The van der Waals surface area contributed by atoms with Crippen molar-refractivity contribution in [1.29, 1.82) is 0 Å². The van der Waals surface area contributed by atoms with Crippen molar-refractivity contribution < 1.29 is 9.63 Å². The summed E-state index contributed by atoms with van der Waals surface area (Å²) in [5.74, 6) is -0.287. The second-order valence-electron chi connectivity index (χ2n) is 5.07. The van der Waals surface area contributed by atoms with Crippen LogP contribution < -0.4 is 0 Å². The van der Waals surface area contributed by atoms with Gasteiger partial charge < -0.3 is 4.57 Å². The summed E-state index contributed by atoms with van der Waals surface area (Å²) in [6.45, 7) is 0. The molecule has 116 valence electrons. The molecule has 0 aliphatic carbocycles. The van der Waals surface area contributed by atoms with Crippen molar-refractivity contribution in [2.45, 2.75) is 0 Å². The van der Waals surface area contributed by atoms with Gasteiger partial charge in [0.25, 0.3) is 5.91 Å². The smallest absolute Gasteiger partial charge is 0.297 e. The van der Waals surface area contributed by atoms with Crippen LogP contribution in [0, 0.1) is 0 Å². The zero-order valence-electron chi connectivity index (χ0n) is 13.0. The average Bonchev–Trinajstić information content (AvgIpc) is 3.11. The zero-order chi connectivity index (χ0) is 16.2. The molecule has 23 heavy (non-hydrogen) atoms. The van der Waals surface area contributed by atoms with Crippen LogP contribution in [-0.2, 0) is 4.84 Å². The van der Waals surface area contributed by atoms with E-state index in [9.17, 15) is 4.79 Å². The lowest BCUT2D eigenvalue weighted by Crippen LogP contribution is -2.25. The Bertz CT molecular complexity index is 812. The van der Waals surface area contributed by atoms with Crippen LogP contribution in [0.4, 0.5) is 0 Å². The second-order valence-corrected chi connectivity index (χ2v) is 5.07. The Hall–Kier alpha value is -2.92. The van der Waals surface area contributed by atoms with E-state index in [2.05, 4.69) is 29.2 Å². The third-order valence-electron chi connectivity index (χ3n) is 3.61. The van der Waals surface area contributed by atoms with Gasteiger partial charge in [-0.1, -0.05) is 42.5 Å². The molecule has 5 heteroatoms. The Morgan fingerprint density at radius 2 is 1.83 bits per heavy atom. The first-order valence-electron chi connectivity index (χ1n) is 7.21. The monoisotopic (exact) mass is 307 g/mol. The molecule has 0 radical (unpaired) electrons. The topological polar surface area (TPSA) is 47.4 Å². The Balaban J connectivity index is 1.91. The molecule has 1 aromatic heterocycles. The summed E-state index contributed by atoms with van der Waals surface area (Å²) in [5, 5.41) is 1.15. The van der Waals surface area contributed by atoms with Crippen molar-refractivity contribution in [3.05, 3.63) is 72.8 Å². The highest BCUT2D eigenvalue weighted by molar-refractivity contribution is 5.91. The molecule has 2 aromatic carbocycles. The van der Waals surface area contributed by atoms with Gasteiger partial charge in [-0.3, -0.25) is 9.63 Å². The molecular weight excluding hydrogens is 290 g/mol. The number of hydrogen-bond acceptors (Lipinski definition) is 3. The molecule has 1 heterocycles. The largest absolute Gasteiger partial charge is 0.305 e. The van der Waals surface area contributed by atoms with E-state index in [1.54, 1.807) is 19.6 Å². The van der Waals surface area contributed by atoms with Gasteiger partial charge in [0.15, 0.2) is 0 Å². The van der Waals surface area contributed by atoms with Crippen LogP contribution in [0.25, 0.3) is 16.8 Å². The number of hydroxylamine groups is 2. The minimum Gasteiger partial charge on any atom is -0.305 e. The zero-order valence-corrected chi connectivity index (χ0v) is 13.0. The van der Waals surface area contributed by atoms with Gasteiger partial charge in [0.1, 0.15) is 12.0 Å². The molecule has 0 unspecified atom stereocenters. The highest BCUT2D eigenvalue weighted by Gasteiger charge is 2.14. The summed E-state index contributed by atoms with van der Waals surface area (Å²) >= 11 is 0. The van der Waals surface area contributed by atoms with Gasteiger partial charge in [0, 0.05) is 18.9 Å². The van der Waals surface area contributed by atoms with Gasteiger partial charge in [-0.2, -0.15) is 0 Å². The summed E-state index contributed by atoms with van der Waals surface area (Å²) in [6.07, 6.45) is 3.32. The second kappa shape index (κ2) is 6.46. The van der Waals surface area contributed by atoms with Crippen molar-refractivity contribution in [3.8, 4) is 16.8 Å². The van der Waals surface area contributed by atoms with Crippen LogP contribution in [0.15, 0.2) is 67.1 Å². The van der Waals surface area contributed by atoms with E-state index < -0.39 is 0 Å². The fraction of sp³-hybridized carbons (Fsp3) is 0.111. The maximum Gasteiger partial charge on any atom is 0.297 e. The lowest BCUT2D eigenvalue weighted by molar-refractivity contribution is -0.0760. The maximum atomic E-state index is 12.0. The van der Waals surface area contributed by atoms with Crippen LogP contribution in [-0.4, -0.2) is 34.7 Å². The van der Waals surface area contributed by atoms with Crippen molar-refractivity contribution >= 4 is 5.91 Å². The number of rotatable bonds is 4. The number of amides is 1. The first-order valence-corrected chi connectivity index (χ1v) is 7.21. The lowest BCUT2D eigenvalue weighted by atomic mass is 10.1. The van der Waals surface area contributed by atoms with Crippen molar-refractivity contribution in [2.75, 3.05) is 14.2 Å². The first-order chi connectivity index (χ1) is 11.2. The Morgan fingerprint density at radius 1 is 1.09 bits per heavy atom. The maximum absolute atomic E-state index is 12.0. The van der Waals surface area contributed by atoms with Gasteiger partial charge in [-0.15, -0.1) is 0 Å². The lowest BCUT2D eigenvalue weighted by Gasteiger charge is -2.11. The number of carbonyl (C=O) groups is 1. The van der Waals surface area contributed by atoms with E-state index in [1.807, 2.05) is 34.9 Å². The molecule has 0 N–H and O–H groups in total. The molecule has 0 spiro atoms. The van der Waals surface area contributed by atoms with E-state index in [0.29, 0.717) is 5.69 Å². The highest BCUT2D eigenvalue weighted by atomic mass is 16.7. The van der Waals surface area contributed by atoms with Crippen molar-refractivity contribution in [1.82, 2.24) is 14.6 Å². The van der Waals surface area contributed by atoms with Gasteiger partial charge >= 0.3 is 0 Å². The molecule has 0 fully saturated rings. The summed E-state index contributed by atoms with van der Waals surface area (Å²) in [7, 11) is 3.00. The van der Waals surface area contributed by atoms with Gasteiger partial charge in [-0.05, 0) is 23.3 Å². The van der Waals surface area contributed by atoms with Crippen molar-refractivity contribution in [3.63, 3.8) is 0 Å². The Morgan fingerprint density at radius 3 is 2.57 bits per heavy atom. The average molecular weight is 307 g/mol. The number of hydrogen-bond donors (Lipinski definition) is 0. The van der Waals surface area contributed by atoms with Crippen LogP contribution >= 0.6 is 0 Å².